The number of halogens is 1. The molecule has 0 bridgehead atoms. The number of methoxy groups -OCH3 is 1. The molecule has 6 heteroatoms. The third kappa shape index (κ3) is 5.35. The molecule has 0 atom stereocenters. The smallest absolute Gasteiger partial charge is 0.239 e. The van der Waals surface area contributed by atoms with Gasteiger partial charge in [-0.25, -0.2) is 4.39 Å². The lowest BCUT2D eigenvalue weighted by Gasteiger charge is -2.20. The van der Waals surface area contributed by atoms with Gasteiger partial charge in [0, 0.05) is 19.5 Å². The summed E-state index contributed by atoms with van der Waals surface area (Å²) in [6.07, 6.45) is 0.657. The summed E-state index contributed by atoms with van der Waals surface area (Å²) in [4.78, 5) is 25.2. The van der Waals surface area contributed by atoms with Gasteiger partial charge in [-0.2, -0.15) is 0 Å². The summed E-state index contributed by atoms with van der Waals surface area (Å²) in [6, 6.07) is 4.64. The number of hydrogen-bond donors (Lipinski definition) is 1. The van der Waals surface area contributed by atoms with Crippen molar-refractivity contribution in [1.82, 2.24) is 10.2 Å². The first-order valence-electron chi connectivity index (χ1n) is 7.38. The molecule has 0 aliphatic heterocycles. The molecular formula is C16H23FN2O3. The summed E-state index contributed by atoms with van der Waals surface area (Å²) < 4.78 is 18.4. The molecule has 0 saturated carbocycles. The van der Waals surface area contributed by atoms with Crippen molar-refractivity contribution in [2.45, 2.75) is 26.7 Å². The van der Waals surface area contributed by atoms with Crippen LogP contribution in [0.4, 0.5) is 4.39 Å². The van der Waals surface area contributed by atoms with Crippen LogP contribution in [0.2, 0.25) is 0 Å². The Morgan fingerprint density at radius 1 is 1.32 bits per heavy atom. The van der Waals surface area contributed by atoms with Gasteiger partial charge in [0.25, 0.3) is 0 Å². The summed E-state index contributed by atoms with van der Waals surface area (Å²) in [5, 5.41) is 2.66. The van der Waals surface area contributed by atoms with Crippen molar-refractivity contribution < 1.29 is 18.7 Å². The highest BCUT2D eigenvalue weighted by Gasteiger charge is 2.15. The van der Waals surface area contributed by atoms with E-state index in [0.29, 0.717) is 19.5 Å². The molecule has 22 heavy (non-hydrogen) atoms. The fourth-order valence-electron chi connectivity index (χ4n) is 2.08. The van der Waals surface area contributed by atoms with Gasteiger partial charge in [0.2, 0.25) is 11.8 Å². The van der Waals surface area contributed by atoms with Gasteiger partial charge in [-0.3, -0.25) is 9.59 Å². The van der Waals surface area contributed by atoms with Gasteiger partial charge < -0.3 is 15.0 Å². The predicted octanol–water partition coefficient (Wildman–Crippen LogP) is 1.75. The fourth-order valence-corrected chi connectivity index (χ4v) is 2.08. The van der Waals surface area contributed by atoms with Gasteiger partial charge in [-0.15, -0.1) is 0 Å². The number of ether oxygens (including phenoxy) is 1. The van der Waals surface area contributed by atoms with Crippen LogP contribution in [0.15, 0.2) is 18.2 Å². The Kier molecular flexibility index (Phi) is 7.36. The lowest BCUT2D eigenvalue weighted by molar-refractivity contribution is -0.135. The highest BCUT2D eigenvalue weighted by Crippen LogP contribution is 2.18. The van der Waals surface area contributed by atoms with Crippen molar-refractivity contribution >= 4 is 11.8 Å². The van der Waals surface area contributed by atoms with E-state index in [1.165, 1.54) is 18.1 Å². The molecule has 1 aromatic rings. The lowest BCUT2D eigenvalue weighted by atomic mass is 10.1. The summed E-state index contributed by atoms with van der Waals surface area (Å²) in [7, 11) is 1.40. The molecule has 0 aromatic heterocycles. The number of nitrogens with one attached hydrogen (secondary N) is 1. The summed E-state index contributed by atoms with van der Waals surface area (Å²) in [6.45, 7) is 4.71. The summed E-state index contributed by atoms with van der Waals surface area (Å²) in [5.74, 6) is -0.554. The maximum absolute atomic E-state index is 13.6. The molecule has 2 amide bonds. The first-order chi connectivity index (χ1) is 10.5. The standard InChI is InChI=1S/C16H23FN2O3/c1-4-18-15(20)11-19(5-2)16(21)9-7-12-6-8-14(22-3)13(17)10-12/h6,8,10H,4-5,7,9,11H2,1-3H3,(H,18,20). The van der Waals surface area contributed by atoms with Gasteiger partial charge in [-0.1, -0.05) is 6.07 Å². The van der Waals surface area contributed by atoms with Gasteiger partial charge in [0.15, 0.2) is 11.6 Å². The second kappa shape index (κ2) is 9.02. The molecule has 0 radical (unpaired) electrons. The molecule has 0 spiro atoms. The van der Waals surface area contributed by atoms with E-state index in [9.17, 15) is 14.0 Å². The van der Waals surface area contributed by atoms with Crippen molar-refractivity contribution in [3.8, 4) is 5.75 Å². The van der Waals surface area contributed by atoms with E-state index in [-0.39, 0.29) is 30.5 Å². The van der Waals surface area contributed by atoms with Crippen molar-refractivity contribution in [3.63, 3.8) is 0 Å². The highest BCUT2D eigenvalue weighted by molar-refractivity contribution is 5.84. The summed E-state index contributed by atoms with van der Waals surface area (Å²) in [5.41, 5.74) is 0.723. The van der Waals surface area contributed by atoms with Gasteiger partial charge in [0.1, 0.15) is 0 Å². The van der Waals surface area contributed by atoms with Crippen molar-refractivity contribution in [2.75, 3.05) is 26.7 Å². The van der Waals surface area contributed by atoms with Crippen LogP contribution in [0.1, 0.15) is 25.8 Å². The number of carbonyl (C=O) groups is 2. The van der Waals surface area contributed by atoms with E-state index < -0.39 is 5.82 Å². The minimum atomic E-state index is -0.442. The Labute approximate surface area is 130 Å². The molecule has 0 heterocycles. The van der Waals surface area contributed by atoms with E-state index in [4.69, 9.17) is 4.74 Å². The Hall–Kier alpha value is -2.11. The molecule has 0 unspecified atom stereocenters. The van der Waals surface area contributed by atoms with Crippen molar-refractivity contribution in [2.24, 2.45) is 0 Å². The molecule has 0 aliphatic carbocycles. The van der Waals surface area contributed by atoms with Crippen LogP contribution < -0.4 is 10.1 Å². The number of aryl methyl sites for hydroxylation is 1. The van der Waals surface area contributed by atoms with Crippen LogP contribution in [-0.2, 0) is 16.0 Å². The zero-order valence-corrected chi connectivity index (χ0v) is 13.3. The number of hydrogen-bond acceptors (Lipinski definition) is 3. The topological polar surface area (TPSA) is 58.6 Å². The quantitative estimate of drug-likeness (QED) is 0.796. The first-order valence-corrected chi connectivity index (χ1v) is 7.38. The predicted molar refractivity (Wildman–Crippen MR) is 82.2 cm³/mol. The van der Waals surface area contributed by atoms with Gasteiger partial charge >= 0.3 is 0 Å². The number of rotatable bonds is 8. The first kappa shape index (κ1) is 17.9. The average Bonchev–Trinajstić information content (AvgIpc) is 2.50. The Morgan fingerprint density at radius 3 is 2.59 bits per heavy atom. The normalized spacial score (nSPS) is 10.2. The molecule has 0 saturated heterocycles. The Balaban J connectivity index is 2.56. The molecule has 0 aliphatic rings. The lowest BCUT2D eigenvalue weighted by Crippen LogP contribution is -2.40. The SMILES string of the molecule is CCNC(=O)CN(CC)C(=O)CCc1ccc(OC)c(F)c1. The number of carbonyl (C=O) groups excluding carboxylic acids is 2. The third-order valence-electron chi connectivity index (χ3n) is 3.29. The monoisotopic (exact) mass is 310 g/mol. The minimum absolute atomic E-state index is 0.0557. The Morgan fingerprint density at radius 2 is 2.05 bits per heavy atom. The third-order valence-corrected chi connectivity index (χ3v) is 3.29. The second-order valence-electron chi connectivity index (χ2n) is 4.83. The van der Waals surface area contributed by atoms with Crippen LogP contribution in [0.5, 0.6) is 5.75 Å². The van der Waals surface area contributed by atoms with Crippen LogP contribution in [0.25, 0.3) is 0 Å². The number of nitrogens with zero attached hydrogens (tertiary/aromatic N) is 1. The zero-order chi connectivity index (χ0) is 16.5. The maximum atomic E-state index is 13.6. The van der Waals surface area contributed by atoms with Gasteiger partial charge in [0.05, 0.1) is 13.7 Å². The molecule has 1 rings (SSSR count). The number of amides is 2. The summed E-state index contributed by atoms with van der Waals surface area (Å²) >= 11 is 0. The van der Waals surface area contributed by atoms with Crippen LogP contribution in [0.3, 0.4) is 0 Å². The molecular weight excluding hydrogens is 287 g/mol. The maximum Gasteiger partial charge on any atom is 0.239 e. The van der Waals surface area contributed by atoms with Gasteiger partial charge in [-0.05, 0) is 38.0 Å². The van der Waals surface area contributed by atoms with Crippen LogP contribution in [-0.4, -0.2) is 43.5 Å². The van der Waals surface area contributed by atoms with E-state index in [1.807, 2.05) is 13.8 Å². The molecule has 5 nitrogen and oxygen atoms in total. The van der Waals surface area contributed by atoms with Crippen molar-refractivity contribution in [3.05, 3.63) is 29.6 Å². The van der Waals surface area contributed by atoms with E-state index >= 15 is 0 Å². The van der Waals surface area contributed by atoms with E-state index in [1.54, 1.807) is 12.1 Å². The Bertz CT molecular complexity index is 520. The molecule has 0 fully saturated rings. The fraction of sp³-hybridized carbons (Fsp3) is 0.500. The van der Waals surface area contributed by atoms with E-state index in [2.05, 4.69) is 5.32 Å². The largest absolute Gasteiger partial charge is 0.494 e. The van der Waals surface area contributed by atoms with Crippen LogP contribution >= 0.6 is 0 Å². The highest BCUT2D eigenvalue weighted by atomic mass is 19.1. The zero-order valence-electron chi connectivity index (χ0n) is 13.3. The molecule has 1 aromatic carbocycles. The van der Waals surface area contributed by atoms with Crippen LogP contribution in [0, 0.1) is 5.82 Å². The minimum Gasteiger partial charge on any atom is -0.494 e. The molecule has 1 N–H and O–H groups in total. The van der Waals surface area contributed by atoms with Crippen molar-refractivity contribution in [1.29, 1.82) is 0 Å². The average molecular weight is 310 g/mol. The molecule has 122 valence electrons. The second-order valence-corrected chi connectivity index (χ2v) is 4.83. The number of likely N-dealkylation sites (N-methyl/N-ethyl adjacent to an activating group) is 2. The number of benzene rings is 1. The van der Waals surface area contributed by atoms with E-state index in [0.717, 1.165) is 5.56 Å².